The molecule has 2 aromatic carbocycles. The van der Waals surface area contributed by atoms with E-state index in [4.69, 9.17) is 10.8 Å². The summed E-state index contributed by atoms with van der Waals surface area (Å²) in [5, 5.41) is 27.6. The standard InChI is InChI=1S/C31H39N5O9/c1-16(2)26(31(44)45)35-28(41)17(3)33-29(42)22(15-23(32)37)34-30(43)27-21(12-13-36(27)24(38)10-11-25(39)40)20-9-8-18-6-4-5-7-19(18)14-20/h4-9,14,16-17,21-22,26-27H,10-13,15H2,1-3H3,(H2,32,37)(H,33,42)(H,34,43)(H,35,41)(H,39,40)(H,44,45)/t17-,21+,22-,26-,27?/m0/s1. The van der Waals surface area contributed by atoms with Crippen LogP contribution in [0.15, 0.2) is 42.5 Å². The maximum Gasteiger partial charge on any atom is 0.326 e. The van der Waals surface area contributed by atoms with E-state index in [1.165, 1.54) is 11.8 Å². The quantitative estimate of drug-likeness (QED) is 0.171. The molecule has 3 rings (SSSR count). The first-order valence-electron chi connectivity index (χ1n) is 14.6. The highest BCUT2D eigenvalue weighted by Gasteiger charge is 2.43. The Morgan fingerprint density at radius 2 is 1.56 bits per heavy atom. The summed E-state index contributed by atoms with van der Waals surface area (Å²) < 4.78 is 0. The fourth-order valence-electron chi connectivity index (χ4n) is 5.38. The van der Waals surface area contributed by atoms with E-state index in [1.807, 2.05) is 42.5 Å². The lowest BCUT2D eigenvalue weighted by molar-refractivity contribution is -0.144. The zero-order valence-corrected chi connectivity index (χ0v) is 25.3. The molecule has 14 heteroatoms. The number of amides is 5. The first-order chi connectivity index (χ1) is 21.2. The molecule has 0 saturated carbocycles. The van der Waals surface area contributed by atoms with E-state index in [9.17, 15) is 38.7 Å². The van der Waals surface area contributed by atoms with Gasteiger partial charge in [0.05, 0.1) is 12.8 Å². The number of carboxylic acid groups (broad SMARTS) is 2. The van der Waals surface area contributed by atoms with Crippen LogP contribution >= 0.6 is 0 Å². The lowest BCUT2D eigenvalue weighted by atomic mass is 9.89. The van der Waals surface area contributed by atoms with Crippen LogP contribution < -0.4 is 21.7 Å². The fraction of sp³-hybridized carbons (Fsp3) is 0.452. The average molecular weight is 626 g/mol. The van der Waals surface area contributed by atoms with E-state index in [0.29, 0.717) is 6.42 Å². The molecule has 0 bridgehead atoms. The largest absolute Gasteiger partial charge is 0.481 e. The third-order valence-electron chi connectivity index (χ3n) is 7.76. The predicted molar refractivity (Wildman–Crippen MR) is 161 cm³/mol. The number of likely N-dealkylation sites (tertiary alicyclic amines) is 1. The first-order valence-corrected chi connectivity index (χ1v) is 14.6. The topological polar surface area (TPSA) is 225 Å². The lowest BCUT2D eigenvalue weighted by Gasteiger charge is -2.30. The molecule has 0 spiro atoms. The summed E-state index contributed by atoms with van der Waals surface area (Å²) in [5.41, 5.74) is 6.11. The number of hydrogen-bond acceptors (Lipinski definition) is 7. The van der Waals surface area contributed by atoms with Crippen LogP contribution in [-0.4, -0.2) is 87.3 Å². The second-order valence-electron chi connectivity index (χ2n) is 11.5. The van der Waals surface area contributed by atoms with Gasteiger partial charge in [-0.25, -0.2) is 4.79 Å². The minimum absolute atomic E-state index is 0.151. The Kier molecular flexibility index (Phi) is 11.6. The van der Waals surface area contributed by atoms with E-state index < -0.39 is 90.3 Å². The Hall–Kier alpha value is -5.01. The molecule has 242 valence electrons. The molecule has 1 heterocycles. The normalized spacial score (nSPS) is 18.1. The van der Waals surface area contributed by atoms with E-state index in [2.05, 4.69) is 16.0 Å². The summed E-state index contributed by atoms with van der Waals surface area (Å²) in [7, 11) is 0. The van der Waals surface area contributed by atoms with E-state index in [0.717, 1.165) is 16.3 Å². The summed E-state index contributed by atoms with van der Waals surface area (Å²) in [6.45, 7) is 4.67. The monoisotopic (exact) mass is 625 g/mol. The Morgan fingerprint density at radius 1 is 0.889 bits per heavy atom. The SMILES string of the molecule is CC(C)[C@H](NC(=O)[C@H](C)NC(=O)[C@H](CC(N)=O)NC(=O)C1[C@@H](c2ccc3ccccc3c2)CCN1C(=O)CCC(=O)O)C(=O)O. The molecule has 45 heavy (non-hydrogen) atoms. The molecule has 0 aliphatic carbocycles. The number of nitrogens with two attached hydrogens (primary N) is 1. The molecule has 1 aliphatic rings. The number of carboxylic acids is 2. The molecule has 0 radical (unpaired) electrons. The summed E-state index contributed by atoms with van der Waals surface area (Å²) >= 11 is 0. The number of nitrogens with one attached hydrogen (secondary N) is 3. The molecule has 1 aliphatic heterocycles. The van der Waals surface area contributed by atoms with Crippen molar-refractivity contribution in [1.29, 1.82) is 0 Å². The van der Waals surface area contributed by atoms with Crippen molar-refractivity contribution in [2.75, 3.05) is 6.54 Å². The van der Waals surface area contributed by atoms with Gasteiger partial charge < -0.3 is 36.8 Å². The third kappa shape index (κ3) is 9.00. The molecule has 0 aromatic heterocycles. The van der Waals surface area contributed by atoms with E-state index in [-0.39, 0.29) is 13.0 Å². The Labute approximate surface area is 259 Å². The van der Waals surface area contributed by atoms with Gasteiger partial charge in [0.15, 0.2) is 0 Å². The van der Waals surface area contributed by atoms with E-state index >= 15 is 0 Å². The molecule has 14 nitrogen and oxygen atoms in total. The summed E-state index contributed by atoms with van der Waals surface area (Å²) in [4.78, 5) is 88.6. The zero-order chi connectivity index (χ0) is 33.4. The van der Waals surface area contributed by atoms with Gasteiger partial charge in [-0.3, -0.25) is 28.8 Å². The minimum Gasteiger partial charge on any atom is -0.481 e. The Balaban J connectivity index is 1.86. The predicted octanol–water partition coefficient (Wildman–Crippen LogP) is 0.479. The van der Waals surface area contributed by atoms with Crippen LogP contribution in [0.5, 0.6) is 0 Å². The molecule has 7 N–H and O–H groups in total. The summed E-state index contributed by atoms with van der Waals surface area (Å²) in [5.74, 6) is -7.36. The number of primary amides is 1. The van der Waals surface area contributed by atoms with Gasteiger partial charge in [-0.15, -0.1) is 0 Å². The number of hydrogen-bond donors (Lipinski definition) is 6. The molecule has 1 unspecified atom stereocenters. The third-order valence-corrected chi connectivity index (χ3v) is 7.76. The fourth-order valence-corrected chi connectivity index (χ4v) is 5.38. The van der Waals surface area contributed by atoms with E-state index in [1.54, 1.807) is 13.8 Å². The van der Waals surface area contributed by atoms with Crippen molar-refractivity contribution in [2.45, 2.75) is 76.5 Å². The number of rotatable bonds is 14. The van der Waals surface area contributed by atoms with Gasteiger partial charge in [0.25, 0.3) is 0 Å². The number of aliphatic carboxylic acids is 2. The second kappa shape index (κ2) is 15.1. The van der Waals surface area contributed by atoms with Crippen LogP contribution in [0.1, 0.15) is 57.9 Å². The van der Waals surface area contributed by atoms with Crippen molar-refractivity contribution in [3.8, 4) is 0 Å². The van der Waals surface area contributed by atoms with Crippen LogP contribution in [0.2, 0.25) is 0 Å². The Bertz CT molecular complexity index is 1480. The summed E-state index contributed by atoms with van der Waals surface area (Å²) in [6, 6.07) is 8.10. The minimum atomic E-state index is -1.53. The maximum atomic E-state index is 13.9. The van der Waals surface area contributed by atoms with Gasteiger partial charge in [-0.1, -0.05) is 56.3 Å². The van der Waals surface area contributed by atoms with Gasteiger partial charge in [0, 0.05) is 18.9 Å². The molecule has 5 amide bonds. The van der Waals surface area contributed by atoms with Gasteiger partial charge in [0.1, 0.15) is 24.2 Å². The summed E-state index contributed by atoms with van der Waals surface area (Å²) in [6.07, 6.45) is -1.03. The molecular weight excluding hydrogens is 586 g/mol. The van der Waals surface area contributed by atoms with Crippen LogP contribution in [0.25, 0.3) is 10.8 Å². The number of carbonyl (C=O) groups is 7. The zero-order valence-electron chi connectivity index (χ0n) is 25.3. The van der Waals surface area contributed by atoms with Crippen molar-refractivity contribution in [2.24, 2.45) is 11.7 Å². The molecule has 2 aromatic rings. The van der Waals surface area contributed by atoms with Crippen LogP contribution in [0.3, 0.4) is 0 Å². The number of fused-ring (bicyclic) bond motifs is 1. The number of nitrogens with zero attached hydrogens (tertiary/aromatic N) is 1. The first kappa shape index (κ1) is 34.5. The molecule has 5 atom stereocenters. The maximum absolute atomic E-state index is 13.9. The average Bonchev–Trinajstić information content (AvgIpc) is 3.42. The van der Waals surface area contributed by atoms with Gasteiger partial charge in [0.2, 0.25) is 29.5 Å². The Morgan fingerprint density at radius 3 is 2.16 bits per heavy atom. The van der Waals surface area contributed by atoms with Crippen molar-refractivity contribution in [3.63, 3.8) is 0 Å². The lowest BCUT2D eigenvalue weighted by Crippen LogP contribution is -2.58. The molecular formula is C31H39N5O9. The highest BCUT2D eigenvalue weighted by Crippen LogP contribution is 2.36. The van der Waals surface area contributed by atoms with Gasteiger partial charge in [-0.2, -0.15) is 0 Å². The van der Waals surface area contributed by atoms with Gasteiger partial charge in [-0.05, 0) is 35.6 Å². The highest BCUT2D eigenvalue weighted by molar-refractivity contribution is 5.97. The smallest absolute Gasteiger partial charge is 0.326 e. The second-order valence-corrected chi connectivity index (χ2v) is 11.5. The van der Waals surface area contributed by atoms with Gasteiger partial charge >= 0.3 is 11.9 Å². The van der Waals surface area contributed by atoms with Crippen molar-refractivity contribution >= 4 is 52.2 Å². The van der Waals surface area contributed by atoms with Crippen LogP contribution in [-0.2, 0) is 33.6 Å². The van der Waals surface area contributed by atoms with Crippen molar-refractivity contribution in [3.05, 3.63) is 48.0 Å². The van der Waals surface area contributed by atoms with Crippen LogP contribution in [0, 0.1) is 5.92 Å². The van der Waals surface area contributed by atoms with Crippen molar-refractivity contribution in [1.82, 2.24) is 20.9 Å². The number of benzene rings is 2. The van der Waals surface area contributed by atoms with Crippen molar-refractivity contribution < 1.29 is 43.8 Å². The molecule has 1 fully saturated rings. The number of carbonyl (C=O) groups excluding carboxylic acids is 5. The highest BCUT2D eigenvalue weighted by atomic mass is 16.4. The molecule has 1 saturated heterocycles. The van der Waals surface area contributed by atoms with Crippen LogP contribution in [0.4, 0.5) is 0 Å².